The van der Waals surface area contributed by atoms with Crippen LogP contribution in [0.15, 0.2) is 30.3 Å². The van der Waals surface area contributed by atoms with Crippen LogP contribution in [0.3, 0.4) is 0 Å². The molecule has 0 spiro atoms. The van der Waals surface area contributed by atoms with Gasteiger partial charge in [-0.25, -0.2) is 13.2 Å². The molecule has 108 valence electrons. The van der Waals surface area contributed by atoms with Gasteiger partial charge in [-0.3, -0.25) is 0 Å². The lowest BCUT2D eigenvalue weighted by atomic mass is 10.0. The van der Waals surface area contributed by atoms with Crippen molar-refractivity contribution >= 4 is 5.69 Å². The minimum atomic E-state index is -0.938. The average molecular weight is 290 g/mol. The zero-order valence-corrected chi connectivity index (χ0v) is 11.5. The summed E-state index contributed by atoms with van der Waals surface area (Å²) in [7, 11) is 0. The standard InChI is InChI=1S/C16H13F3N2/c1-9-14(18)6-11(8-20)7-15(9)21-10(2)12-4-3-5-13(17)16(12)19/h3-7,10,21H,1-2H3. The summed E-state index contributed by atoms with van der Waals surface area (Å²) in [5, 5.41) is 11.8. The maximum atomic E-state index is 13.7. The maximum absolute atomic E-state index is 13.7. The Morgan fingerprint density at radius 2 is 1.86 bits per heavy atom. The Kier molecular flexibility index (Phi) is 4.18. The quantitative estimate of drug-likeness (QED) is 0.906. The van der Waals surface area contributed by atoms with Gasteiger partial charge in [0.2, 0.25) is 0 Å². The topological polar surface area (TPSA) is 35.8 Å². The van der Waals surface area contributed by atoms with Crippen LogP contribution < -0.4 is 5.32 Å². The molecule has 1 N–H and O–H groups in total. The molecule has 2 rings (SSSR count). The first-order chi connectivity index (χ1) is 9.93. The molecule has 2 nitrogen and oxygen atoms in total. The first-order valence-electron chi connectivity index (χ1n) is 6.34. The SMILES string of the molecule is Cc1c(F)cc(C#N)cc1NC(C)c1cccc(F)c1F. The van der Waals surface area contributed by atoms with Crippen molar-refractivity contribution in [2.45, 2.75) is 19.9 Å². The Labute approximate surface area is 120 Å². The largest absolute Gasteiger partial charge is 0.378 e. The highest BCUT2D eigenvalue weighted by atomic mass is 19.2. The molecule has 0 radical (unpaired) electrons. The first-order valence-corrected chi connectivity index (χ1v) is 6.34. The minimum absolute atomic E-state index is 0.136. The van der Waals surface area contributed by atoms with Gasteiger partial charge < -0.3 is 5.32 Å². The summed E-state index contributed by atoms with van der Waals surface area (Å²) in [4.78, 5) is 0. The number of hydrogen-bond donors (Lipinski definition) is 1. The van der Waals surface area contributed by atoms with E-state index in [0.29, 0.717) is 11.3 Å². The van der Waals surface area contributed by atoms with Crippen LogP contribution in [-0.4, -0.2) is 0 Å². The Morgan fingerprint density at radius 1 is 1.14 bits per heavy atom. The molecule has 0 fully saturated rings. The van der Waals surface area contributed by atoms with Gasteiger partial charge in [0.1, 0.15) is 5.82 Å². The fraction of sp³-hybridized carbons (Fsp3) is 0.188. The normalized spacial score (nSPS) is 11.8. The summed E-state index contributed by atoms with van der Waals surface area (Å²) in [5.41, 5.74) is 0.991. The second-order valence-electron chi connectivity index (χ2n) is 4.75. The summed E-state index contributed by atoms with van der Waals surface area (Å²) >= 11 is 0. The Bertz CT molecular complexity index is 720. The molecular weight excluding hydrogens is 277 g/mol. The van der Waals surface area contributed by atoms with Gasteiger partial charge in [-0.1, -0.05) is 12.1 Å². The minimum Gasteiger partial charge on any atom is -0.378 e. The number of nitriles is 1. The molecule has 0 aliphatic rings. The van der Waals surface area contributed by atoms with E-state index in [2.05, 4.69) is 5.32 Å². The predicted octanol–water partition coefficient (Wildman–Crippen LogP) is 4.46. The molecule has 0 bridgehead atoms. The summed E-state index contributed by atoms with van der Waals surface area (Å²) < 4.78 is 40.7. The number of nitrogens with zero attached hydrogens (tertiary/aromatic N) is 1. The number of halogens is 3. The lowest BCUT2D eigenvalue weighted by Crippen LogP contribution is -2.11. The van der Waals surface area contributed by atoms with E-state index in [-0.39, 0.29) is 11.1 Å². The summed E-state index contributed by atoms with van der Waals surface area (Å²) in [5.74, 6) is -2.40. The van der Waals surface area contributed by atoms with Crippen molar-refractivity contribution in [2.75, 3.05) is 5.32 Å². The highest BCUT2D eigenvalue weighted by molar-refractivity contribution is 5.57. The molecule has 0 aliphatic carbocycles. The predicted molar refractivity (Wildman–Crippen MR) is 74.2 cm³/mol. The number of hydrogen-bond acceptors (Lipinski definition) is 2. The Hall–Kier alpha value is -2.48. The smallest absolute Gasteiger partial charge is 0.164 e. The molecule has 2 aromatic carbocycles. The Morgan fingerprint density at radius 3 is 2.52 bits per heavy atom. The molecule has 2 aromatic rings. The molecule has 1 atom stereocenters. The second kappa shape index (κ2) is 5.88. The monoisotopic (exact) mass is 290 g/mol. The third-order valence-corrected chi connectivity index (χ3v) is 3.29. The van der Waals surface area contributed by atoms with Gasteiger partial charge in [0.15, 0.2) is 11.6 Å². The summed E-state index contributed by atoms with van der Waals surface area (Å²) in [6.07, 6.45) is 0. The van der Waals surface area contributed by atoms with Crippen LogP contribution in [0.5, 0.6) is 0 Å². The molecule has 5 heteroatoms. The average Bonchev–Trinajstić information content (AvgIpc) is 2.46. The van der Waals surface area contributed by atoms with Gasteiger partial charge in [-0.05, 0) is 32.0 Å². The maximum Gasteiger partial charge on any atom is 0.164 e. The van der Waals surface area contributed by atoms with E-state index in [4.69, 9.17) is 5.26 Å². The molecular formula is C16H13F3N2. The third kappa shape index (κ3) is 3.00. The van der Waals surface area contributed by atoms with Crippen LogP contribution >= 0.6 is 0 Å². The van der Waals surface area contributed by atoms with Crippen molar-refractivity contribution in [1.29, 1.82) is 5.26 Å². The highest BCUT2D eigenvalue weighted by Crippen LogP contribution is 2.27. The molecule has 0 aromatic heterocycles. The molecule has 0 amide bonds. The van der Waals surface area contributed by atoms with E-state index in [0.717, 1.165) is 12.1 Å². The highest BCUT2D eigenvalue weighted by Gasteiger charge is 2.16. The zero-order chi connectivity index (χ0) is 15.6. The molecule has 21 heavy (non-hydrogen) atoms. The van der Waals surface area contributed by atoms with Gasteiger partial charge in [0.25, 0.3) is 0 Å². The molecule has 0 aliphatic heterocycles. The Balaban J connectivity index is 2.36. The van der Waals surface area contributed by atoms with E-state index >= 15 is 0 Å². The van der Waals surface area contributed by atoms with Crippen molar-refractivity contribution in [2.24, 2.45) is 0 Å². The fourth-order valence-corrected chi connectivity index (χ4v) is 2.06. The van der Waals surface area contributed by atoms with E-state index < -0.39 is 23.5 Å². The van der Waals surface area contributed by atoms with Gasteiger partial charge in [-0.15, -0.1) is 0 Å². The second-order valence-corrected chi connectivity index (χ2v) is 4.75. The lowest BCUT2D eigenvalue weighted by molar-refractivity contribution is 0.494. The van der Waals surface area contributed by atoms with Crippen molar-refractivity contribution in [1.82, 2.24) is 0 Å². The zero-order valence-electron chi connectivity index (χ0n) is 11.5. The van der Waals surface area contributed by atoms with Crippen LogP contribution in [0.25, 0.3) is 0 Å². The molecule has 0 saturated carbocycles. The summed E-state index contributed by atoms with van der Waals surface area (Å²) in [6, 6.07) is 7.79. The van der Waals surface area contributed by atoms with Crippen LogP contribution in [0.1, 0.15) is 29.7 Å². The van der Waals surface area contributed by atoms with Crippen molar-refractivity contribution in [3.05, 3.63) is 64.5 Å². The lowest BCUT2D eigenvalue weighted by Gasteiger charge is -2.18. The van der Waals surface area contributed by atoms with Crippen LogP contribution in [-0.2, 0) is 0 Å². The van der Waals surface area contributed by atoms with E-state index in [1.54, 1.807) is 13.8 Å². The van der Waals surface area contributed by atoms with E-state index in [9.17, 15) is 13.2 Å². The van der Waals surface area contributed by atoms with E-state index in [1.165, 1.54) is 18.2 Å². The van der Waals surface area contributed by atoms with Crippen molar-refractivity contribution < 1.29 is 13.2 Å². The van der Waals surface area contributed by atoms with Crippen molar-refractivity contribution in [3.8, 4) is 6.07 Å². The fourth-order valence-electron chi connectivity index (χ4n) is 2.06. The van der Waals surface area contributed by atoms with Gasteiger partial charge in [0.05, 0.1) is 17.7 Å². The van der Waals surface area contributed by atoms with Crippen LogP contribution in [0.4, 0.5) is 18.9 Å². The van der Waals surface area contributed by atoms with Gasteiger partial charge in [-0.2, -0.15) is 5.26 Å². The van der Waals surface area contributed by atoms with Crippen LogP contribution in [0.2, 0.25) is 0 Å². The molecule has 1 unspecified atom stereocenters. The van der Waals surface area contributed by atoms with Gasteiger partial charge in [0, 0.05) is 16.8 Å². The molecule has 0 heterocycles. The first kappa shape index (κ1) is 14.9. The number of rotatable bonds is 3. The van der Waals surface area contributed by atoms with Crippen LogP contribution in [0, 0.1) is 35.7 Å². The summed E-state index contributed by atoms with van der Waals surface area (Å²) in [6.45, 7) is 3.18. The third-order valence-electron chi connectivity index (χ3n) is 3.29. The van der Waals surface area contributed by atoms with Gasteiger partial charge >= 0.3 is 0 Å². The number of benzene rings is 2. The van der Waals surface area contributed by atoms with Crippen molar-refractivity contribution in [3.63, 3.8) is 0 Å². The number of anilines is 1. The molecule has 0 saturated heterocycles. The van der Waals surface area contributed by atoms with E-state index in [1.807, 2.05) is 6.07 Å². The number of nitrogens with one attached hydrogen (secondary N) is 1.